The van der Waals surface area contributed by atoms with Crippen LogP contribution in [0.3, 0.4) is 0 Å². The van der Waals surface area contributed by atoms with Gasteiger partial charge in [-0.1, -0.05) is 11.8 Å². The highest BCUT2D eigenvalue weighted by atomic mass is 16.6. The Bertz CT molecular complexity index is 910. The van der Waals surface area contributed by atoms with Gasteiger partial charge in [-0.15, -0.1) is 0 Å². The Kier molecular flexibility index (Phi) is 5.50. The average Bonchev–Trinajstić information content (AvgIpc) is 2.77. The van der Waals surface area contributed by atoms with E-state index in [1.807, 2.05) is 47.4 Å². The van der Waals surface area contributed by atoms with E-state index < -0.39 is 0 Å². The van der Waals surface area contributed by atoms with Gasteiger partial charge in [-0.05, 0) is 61.2 Å². The van der Waals surface area contributed by atoms with Crippen molar-refractivity contribution in [3.8, 4) is 23.3 Å². The molecule has 0 unspecified atom stereocenters. The topological polar surface area (TPSA) is 59.0 Å². The van der Waals surface area contributed by atoms with E-state index in [1.54, 1.807) is 0 Å². The largest absolute Gasteiger partial charge is 0.486 e. The molecule has 5 heteroatoms. The van der Waals surface area contributed by atoms with Crippen molar-refractivity contribution in [2.45, 2.75) is 12.8 Å². The van der Waals surface area contributed by atoms with E-state index in [2.05, 4.69) is 11.8 Å². The first-order valence-electron chi connectivity index (χ1n) is 9.65. The van der Waals surface area contributed by atoms with Crippen LogP contribution in [0, 0.1) is 17.8 Å². The van der Waals surface area contributed by atoms with Crippen LogP contribution in [0.1, 0.15) is 34.3 Å². The molecule has 1 N–H and O–H groups in total. The van der Waals surface area contributed by atoms with Crippen molar-refractivity contribution in [2.75, 3.05) is 32.9 Å². The minimum Gasteiger partial charge on any atom is -0.486 e. The lowest BCUT2D eigenvalue weighted by molar-refractivity contribution is 0.0620. The maximum absolute atomic E-state index is 12.7. The third kappa shape index (κ3) is 4.13. The second kappa shape index (κ2) is 8.37. The van der Waals surface area contributed by atoms with Crippen molar-refractivity contribution in [3.63, 3.8) is 0 Å². The molecule has 0 spiro atoms. The lowest BCUT2D eigenvalue weighted by atomic mass is 9.98. The summed E-state index contributed by atoms with van der Waals surface area (Å²) >= 11 is 0. The van der Waals surface area contributed by atoms with Crippen molar-refractivity contribution in [1.82, 2.24) is 4.90 Å². The quantitative estimate of drug-likeness (QED) is 0.818. The summed E-state index contributed by atoms with van der Waals surface area (Å²) in [7, 11) is 0. The fraction of sp³-hybridized carbons (Fsp3) is 0.348. The van der Waals surface area contributed by atoms with Gasteiger partial charge in [-0.3, -0.25) is 4.79 Å². The van der Waals surface area contributed by atoms with Crippen molar-refractivity contribution in [1.29, 1.82) is 0 Å². The number of nitrogens with zero attached hydrogens (tertiary/aromatic N) is 1. The van der Waals surface area contributed by atoms with Gasteiger partial charge in [0.1, 0.15) is 13.2 Å². The van der Waals surface area contributed by atoms with Gasteiger partial charge in [0, 0.05) is 36.4 Å². The molecule has 28 heavy (non-hydrogen) atoms. The molecule has 2 aromatic carbocycles. The fourth-order valence-electron chi connectivity index (χ4n) is 3.54. The van der Waals surface area contributed by atoms with Gasteiger partial charge in [0.25, 0.3) is 5.91 Å². The van der Waals surface area contributed by atoms with Crippen LogP contribution in [0.2, 0.25) is 0 Å². The van der Waals surface area contributed by atoms with E-state index in [0.29, 0.717) is 25.3 Å². The van der Waals surface area contributed by atoms with Crippen LogP contribution in [0.15, 0.2) is 42.5 Å². The van der Waals surface area contributed by atoms with Gasteiger partial charge in [0.2, 0.25) is 0 Å². The summed E-state index contributed by atoms with van der Waals surface area (Å²) in [5, 5.41) is 9.35. The zero-order valence-electron chi connectivity index (χ0n) is 15.7. The smallest absolute Gasteiger partial charge is 0.253 e. The summed E-state index contributed by atoms with van der Waals surface area (Å²) in [6.45, 7) is 2.64. The normalized spacial score (nSPS) is 18.2. The van der Waals surface area contributed by atoms with Crippen LogP contribution in [-0.2, 0) is 0 Å². The minimum atomic E-state index is 0.0181. The Morgan fingerprint density at radius 1 is 1.04 bits per heavy atom. The lowest BCUT2D eigenvalue weighted by Gasteiger charge is -2.31. The molecular formula is C23H23NO4. The molecule has 0 aliphatic carbocycles. The number of piperidine rings is 1. The van der Waals surface area contributed by atoms with Gasteiger partial charge >= 0.3 is 0 Å². The second-order valence-electron chi connectivity index (χ2n) is 7.13. The summed E-state index contributed by atoms with van der Waals surface area (Å²) in [5.41, 5.74) is 2.36. The molecule has 0 saturated carbocycles. The zero-order chi connectivity index (χ0) is 19.3. The van der Waals surface area contributed by atoms with E-state index in [-0.39, 0.29) is 18.4 Å². The van der Waals surface area contributed by atoms with E-state index in [4.69, 9.17) is 9.47 Å². The van der Waals surface area contributed by atoms with E-state index in [0.717, 1.165) is 42.0 Å². The molecular weight excluding hydrogens is 354 g/mol. The van der Waals surface area contributed by atoms with E-state index in [1.165, 1.54) is 0 Å². The molecule has 2 heterocycles. The number of amides is 1. The highest BCUT2D eigenvalue weighted by molar-refractivity contribution is 5.94. The molecule has 0 aromatic heterocycles. The summed E-state index contributed by atoms with van der Waals surface area (Å²) in [6, 6.07) is 13.0. The summed E-state index contributed by atoms with van der Waals surface area (Å²) < 4.78 is 11.1. The predicted molar refractivity (Wildman–Crippen MR) is 106 cm³/mol. The molecule has 2 aliphatic rings. The van der Waals surface area contributed by atoms with Crippen LogP contribution in [0.4, 0.5) is 0 Å². The standard InChI is InChI=1S/C23H23NO4/c25-16-19-2-1-11-24(15-19)23(26)20-8-5-17(6-9-20)3-4-18-7-10-21-22(14-18)28-13-12-27-21/h5-10,14,19,25H,1-2,11-13,15-16H2/t19-/m1/s1. The zero-order valence-corrected chi connectivity index (χ0v) is 15.7. The first kappa shape index (κ1) is 18.4. The monoisotopic (exact) mass is 377 g/mol. The molecule has 1 fully saturated rings. The molecule has 4 rings (SSSR count). The number of carbonyl (C=O) groups is 1. The third-order valence-corrected chi connectivity index (χ3v) is 5.09. The molecule has 1 atom stereocenters. The number of aliphatic hydroxyl groups is 1. The molecule has 1 amide bonds. The van der Waals surface area contributed by atoms with Crippen molar-refractivity contribution >= 4 is 5.91 Å². The SMILES string of the molecule is O=C(c1ccc(C#Cc2ccc3c(c2)OCCO3)cc1)N1CCC[C@@H](CO)C1. The second-order valence-corrected chi connectivity index (χ2v) is 7.13. The van der Waals surface area contributed by atoms with Crippen LogP contribution in [-0.4, -0.2) is 48.8 Å². The van der Waals surface area contributed by atoms with Gasteiger partial charge in [-0.25, -0.2) is 0 Å². The molecule has 2 aliphatic heterocycles. The predicted octanol–water partition coefficient (Wildman–Crippen LogP) is 2.70. The van der Waals surface area contributed by atoms with Crippen LogP contribution in [0.5, 0.6) is 11.5 Å². The number of hydrogen-bond acceptors (Lipinski definition) is 4. The number of rotatable bonds is 2. The number of ether oxygens (including phenoxy) is 2. The average molecular weight is 377 g/mol. The summed E-state index contributed by atoms with van der Waals surface area (Å²) in [5.74, 6) is 7.93. The lowest BCUT2D eigenvalue weighted by Crippen LogP contribution is -2.40. The van der Waals surface area contributed by atoms with E-state index >= 15 is 0 Å². The number of carbonyl (C=O) groups excluding carboxylic acids is 1. The third-order valence-electron chi connectivity index (χ3n) is 5.09. The number of likely N-dealkylation sites (tertiary alicyclic amines) is 1. The fourth-order valence-corrected chi connectivity index (χ4v) is 3.54. The van der Waals surface area contributed by atoms with Gasteiger partial charge in [0.15, 0.2) is 11.5 Å². The Labute approximate surface area is 164 Å². The highest BCUT2D eigenvalue weighted by Crippen LogP contribution is 2.30. The summed E-state index contributed by atoms with van der Waals surface area (Å²) in [6.07, 6.45) is 1.92. The first-order chi connectivity index (χ1) is 13.7. The van der Waals surface area contributed by atoms with Crippen LogP contribution < -0.4 is 9.47 Å². The Morgan fingerprint density at radius 3 is 2.54 bits per heavy atom. The van der Waals surface area contributed by atoms with Gasteiger partial charge in [-0.2, -0.15) is 0 Å². The first-order valence-corrected chi connectivity index (χ1v) is 9.65. The van der Waals surface area contributed by atoms with Gasteiger partial charge in [0.05, 0.1) is 0 Å². The van der Waals surface area contributed by atoms with Crippen molar-refractivity contribution in [2.24, 2.45) is 5.92 Å². The highest BCUT2D eigenvalue weighted by Gasteiger charge is 2.23. The van der Waals surface area contributed by atoms with Crippen molar-refractivity contribution < 1.29 is 19.4 Å². The molecule has 0 radical (unpaired) electrons. The molecule has 5 nitrogen and oxygen atoms in total. The molecule has 0 bridgehead atoms. The number of aliphatic hydroxyl groups excluding tert-OH is 1. The van der Waals surface area contributed by atoms with Crippen LogP contribution in [0.25, 0.3) is 0 Å². The number of hydrogen-bond donors (Lipinski definition) is 1. The summed E-state index contributed by atoms with van der Waals surface area (Å²) in [4.78, 5) is 14.5. The Morgan fingerprint density at radius 2 is 1.75 bits per heavy atom. The van der Waals surface area contributed by atoms with Gasteiger partial charge < -0.3 is 19.5 Å². The maximum Gasteiger partial charge on any atom is 0.253 e. The Hall–Kier alpha value is -2.97. The minimum absolute atomic E-state index is 0.0181. The molecule has 1 saturated heterocycles. The van der Waals surface area contributed by atoms with E-state index in [9.17, 15) is 9.90 Å². The Balaban J connectivity index is 1.44. The molecule has 2 aromatic rings. The van der Waals surface area contributed by atoms with Crippen LogP contribution >= 0.6 is 0 Å². The molecule has 144 valence electrons. The van der Waals surface area contributed by atoms with Crippen molar-refractivity contribution in [3.05, 3.63) is 59.2 Å². The number of benzene rings is 2. The maximum atomic E-state index is 12.7. The number of fused-ring (bicyclic) bond motifs is 1.